The number of sulfonamides is 2. The number of nitrogens with one attached hydrogen (secondary N) is 1. The van der Waals surface area contributed by atoms with E-state index in [1.54, 1.807) is 18.2 Å². The minimum absolute atomic E-state index is 0.0410. The second-order valence-electron chi connectivity index (χ2n) is 6.74. The Morgan fingerprint density at radius 2 is 1.60 bits per heavy atom. The molecule has 0 unspecified atom stereocenters. The Bertz CT molecular complexity index is 1100. The molecule has 1 amide bonds. The number of benzene rings is 2. The van der Waals surface area contributed by atoms with Crippen LogP contribution in [0.1, 0.15) is 12.8 Å². The number of amides is 1. The molecule has 0 heterocycles. The summed E-state index contributed by atoms with van der Waals surface area (Å²) in [5, 5.41) is 2.67. The van der Waals surface area contributed by atoms with E-state index in [1.165, 1.54) is 37.4 Å². The Kier molecular flexibility index (Phi) is 7.43. The molecule has 0 saturated heterocycles. The average Bonchev–Trinajstić information content (AvgIpc) is 2.64. The molecule has 0 spiro atoms. The summed E-state index contributed by atoms with van der Waals surface area (Å²) < 4.78 is 62.7. The maximum atomic E-state index is 13.1. The van der Waals surface area contributed by atoms with E-state index < -0.39 is 25.9 Å². The number of halogens is 1. The summed E-state index contributed by atoms with van der Waals surface area (Å²) in [5.74, 6) is -0.822. The van der Waals surface area contributed by atoms with Crippen molar-refractivity contribution < 1.29 is 26.0 Å². The lowest BCUT2D eigenvalue weighted by Gasteiger charge is -2.22. The number of carbonyl (C=O) groups is 1. The van der Waals surface area contributed by atoms with Crippen molar-refractivity contribution in [3.05, 3.63) is 54.3 Å². The smallest absolute Gasteiger partial charge is 0.232 e. The molecule has 0 aliphatic heterocycles. The summed E-state index contributed by atoms with van der Waals surface area (Å²) in [6.07, 6.45) is 2.39. The lowest BCUT2D eigenvalue weighted by Crippen LogP contribution is -2.31. The van der Waals surface area contributed by atoms with Crippen LogP contribution in [-0.2, 0) is 24.8 Å². The fourth-order valence-corrected chi connectivity index (χ4v) is 4.13. The Morgan fingerprint density at radius 3 is 2.17 bits per heavy atom. The highest BCUT2D eigenvalue weighted by molar-refractivity contribution is 7.92. The van der Waals surface area contributed by atoms with Gasteiger partial charge >= 0.3 is 0 Å². The molecule has 0 radical (unpaired) electrons. The molecule has 0 aliphatic rings. The lowest BCUT2D eigenvalue weighted by molar-refractivity contribution is -0.116. The largest absolute Gasteiger partial charge is 0.326 e. The molecule has 0 aromatic heterocycles. The van der Waals surface area contributed by atoms with Crippen LogP contribution < -0.4 is 13.9 Å². The van der Waals surface area contributed by atoms with Gasteiger partial charge in [0.15, 0.2) is 0 Å². The maximum Gasteiger partial charge on any atom is 0.232 e. The number of hydrogen-bond donors (Lipinski definition) is 1. The van der Waals surface area contributed by atoms with Crippen LogP contribution in [0.3, 0.4) is 0 Å². The Balaban J connectivity index is 1.99. The van der Waals surface area contributed by atoms with Crippen LogP contribution in [0.4, 0.5) is 21.5 Å². The fraction of sp³-hybridized carbons (Fsp3) is 0.316. The van der Waals surface area contributed by atoms with Crippen LogP contribution in [0.2, 0.25) is 0 Å². The van der Waals surface area contributed by atoms with Crippen LogP contribution in [0.5, 0.6) is 0 Å². The van der Waals surface area contributed by atoms with Gasteiger partial charge in [0, 0.05) is 25.7 Å². The summed E-state index contributed by atoms with van der Waals surface area (Å²) in [5.41, 5.74) is 1.14. The standard InChI is InChI=1S/C19H24FN3O5S2/c1-22(29(2,25)26)18-7-4-6-16(14-18)21-19(24)8-5-13-23(30(3,27)28)17-11-9-15(20)10-12-17/h4,6-7,9-12,14H,5,8,13H2,1-3H3,(H,21,24). The van der Waals surface area contributed by atoms with E-state index in [0.717, 1.165) is 21.1 Å². The highest BCUT2D eigenvalue weighted by Gasteiger charge is 2.18. The summed E-state index contributed by atoms with van der Waals surface area (Å²) >= 11 is 0. The van der Waals surface area contributed by atoms with Gasteiger partial charge < -0.3 is 5.32 Å². The van der Waals surface area contributed by atoms with Crippen molar-refractivity contribution >= 4 is 43.0 Å². The van der Waals surface area contributed by atoms with Crippen LogP contribution in [0, 0.1) is 5.82 Å². The van der Waals surface area contributed by atoms with Crippen LogP contribution in [0.25, 0.3) is 0 Å². The van der Waals surface area contributed by atoms with Crippen molar-refractivity contribution in [2.24, 2.45) is 0 Å². The summed E-state index contributed by atoms with van der Waals surface area (Å²) in [7, 11) is -5.62. The molecule has 0 atom stereocenters. The molecule has 0 saturated carbocycles. The van der Waals surface area contributed by atoms with Gasteiger partial charge in [0.1, 0.15) is 5.82 Å². The van der Waals surface area contributed by atoms with Crippen molar-refractivity contribution in [2.45, 2.75) is 12.8 Å². The van der Waals surface area contributed by atoms with E-state index in [9.17, 15) is 26.0 Å². The molecule has 0 bridgehead atoms. The van der Waals surface area contributed by atoms with Gasteiger partial charge in [0.05, 0.1) is 23.9 Å². The zero-order valence-corrected chi connectivity index (χ0v) is 18.5. The van der Waals surface area contributed by atoms with Gasteiger partial charge in [-0.15, -0.1) is 0 Å². The Hall–Kier alpha value is -2.66. The SMILES string of the molecule is CN(c1cccc(NC(=O)CCCN(c2ccc(F)cc2)S(C)(=O)=O)c1)S(C)(=O)=O. The normalized spacial score (nSPS) is 11.7. The molecule has 164 valence electrons. The van der Waals surface area contributed by atoms with Crippen molar-refractivity contribution in [2.75, 3.05) is 40.0 Å². The second kappa shape index (κ2) is 9.43. The maximum absolute atomic E-state index is 13.1. The molecule has 11 heteroatoms. The zero-order valence-electron chi connectivity index (χ0n) is 16.9. The summed E-state index contributed by atoms with van der Waals surface area (Å²) in [6, 6.07) is 11.4. The predicted molar refractivity (Wildman–Crippen MR) is 116 cm³/mol. The zero-order chi connectivity index (χ0) is 22.5. The molecule has 1 N–H and O–H groups in total. The molecule has 0 aliphatic carbocycles. The summed E-state index contributed by atoms with van der Waals surface area (Å²) in [4.78, 5) is 12.2. The molecular weight excluding hydrogens is 433 g/mol. The van der Waals surface area contributed by atoms with E-state index in [0.29, 0.717) is 17.1 Å². The van der Waals surface area contributed by atoms with Gasteiger partial charge in [-0.1, -0.05) is 6.07 Å². The average molecular weight is 458 g/mol. The first kappa shape index (κ1) is 23.6. The molecule has 30 heavy (non-hydrogen) atoms. The van der Waals surface area contributed by atoms with Gasteiger partial charge in [-0.3, -0.25) is 13.4 Å². The van der Waals surface area contributed by atoms with E-state index in [-0.39, 0.29) is 25.3 Å². The van der Waals surface area contributed by atoms with Crippen LogP contribution in [-0.4, -0.2) is 48.8 Å². The predicted octanol–water partition coefficient (Wildman–Crippen LogP) is 2.41. The van der Waals surface area contributed by atoms with Gasteiger partial charge in [0.2, 0.25) is 26.0 Å². The van der Waals surface area contributed by atoms with Gasteiger partial charge in [0.25, 0.3) is 0 Å². The first-order chi connectivity index (χ1) is 13.9. The van der Waals surface area contributed by atoms with E-state index in [1.807, 2.05) is 0 Å². The molecule has 0 fully saturated rings. The Morgan fingerprint density at radius 1 is 0.967 bits per heavy atom. The summed E-state index contributed by atoms with van der Waals surface area (Å²) in [6.45, 7) is 0.0503. The van der Waals surface area contributed by atoms with Crippen molar-refractivity contribution in [3.8, 4) is 0 Å². The quantitative estimate of drug-likeness (QED) is 0.623. The minimum atomic E-state index is -3.60. The van der Waals surface area contributed by atoms with Crippen LogP contribution >= 0.6 is 0 Å². The van der Waals surface area contributed by atoms with E-state index in [2.05, 4.69) is 5.32 Å². The second-order valence-corrected chi connectivity index (χ2v) is 10.7. The monoisotopic (exact) mass is 457 g/mol. The third-order valence-corrected chi connectivity index (χ3v) is 6.67. The van der Waals surface area contributed by atoms with Crippen molar-refractivity contribution in [3.63, 3.8) is 0 Å². The lowest BCUT2D eigenvalue weighted by atomic mass is 10.2. The highest BCUT2D eigenvalue weighted by Crippen LogP contribution is 2.21. The molecule has 2 aromatic carbocycles. The topological polar surface area (TPSA) is 104 Å². The molecular formula is C19H24FN3O5S2. The number of nitrogens with zero attached hydrogens (tertiary/aromatic N) is 2. The van der Waals surface area contributed by atoms with Gasteiger partial charge in [-0.25, -0.2) is 21.2 Å². The number of carbonyl (C=O) groups excluding carboxylic acids is 1. The molecule has 2 rings (SSSR count). The first-order valence-corrected chi connectivity index (χ1v) is 12.6. The molecule has 2 aromatic rings. The third kappa shape index (κ3) is 6.70. The van der Waals surface area contributed by atoms with Gasteiger partial charge in [-0.2, -0.15) is 0 Å². The van der Waals surface area contributed by atoms with E-state index in [4.69, 9.17) is 0 Å². The third-order valence-electron chi connectivity index (χ3n) is 4.27. The number of anilines is 3. The first-order valence-electron chi connectivity index (χ1n) is 8.95. The van der Waals surface area contributed by atoms with Crippen molar-refractivity contribution in [1.29, 1.82) is 0 Å². The minimum Gasteiger partial charge on any atom is -0.326 e. The van der Waals surface area contributed by atoms with Crippen molar-refractivity contribution in [1.82, 2.24) is 0 Å². The van der Waals surface area contributed by atoms with E-state index >= 15 is 0 Å². The number of hydrogen-bond acceptors (Lipinski definition) is 5. The van der Waals surface area contributed by atoms with Gasteiger partial charge in [-0.05, 0) is 48.9 Å². The Labute approximate surface area is 176 Å². The molecule has 8 nitrogen and oxygen atoms in total. The van der Waals surface area contributed by atoms with Crippen LogP contribution in [0.15, 0.2) is 48.5 Å². The highest BCUT2D eigenvalue weighted by atomic mass is 32.2. The number of rotatable bonds is 9. The fourth-order valence-electron chi connectivity index (χ4n) is 2.67.